The van der Waals surface area contributed by atoms with Crippen molar-refractivity contribution in [2.24, 2.45) is 10.9 Å². The van der Waals surface area contributed by atoms with Crippen LogP contribution >= 0.6 is 11.8 Å². The minimum Gasteiger partial charge on any atom is -0.491 e. The smallest absolute Gasteiger partial charge is 0.174 e. The first-order chi connectivity index (χ1) is 10.3. The Morgan fingerprint density at radius 1 is 1.38 bits per heavy atom. The predicted octanol–water partition coefficient (Wildman–Crippen LogP) is 2.37. The summed E-state index contributed by atoms with van der Waals surface area (Å²) < 4.78 is 5.88. The van der Waals surface area contributed by atoms with Gasteiger partial charge in [-0.05, 0) is 44.3 Å². The van der Waals surface area contributed by atoms with Crippen molar-refractivity contribution in [3.63, 3.8) is 0 Å². The number of hydrogen-bond donors (Lipinski definition) is 2. The predicted molar refractivity (Wildman–Crippen MR) is 86.5 cm³/mol. The lowest BCUT2D eigenvalue weighted by Gasteiger charge is -2.26. The molecule has 0 bridgehead atoms. The molecule has 0 radical (unpaired) electrons. The number of amidine groups is 1. The molecule has 1 fully saturated rings. The van der Waals surface area contributed by atoms with Crippen LogP contribution < -0.4 is 10.5 Å². The first-order valence-corrected chi connectivity index (χ1v) is 8.48. The Labute approximate surface area is 130 Å². The summed E-state index contributed by atoms with van der Waals surface area (Å²) in [4.78, 5) is 3.37. The van der Waals surface area contributed by atoms with Crippen LogP contribution in [0.2, 0.25) is 0 Å². The summed E-state index contributed by atoms with van der Waals surface area (Å²) in [5, 5.41) is 12.1. The molecule has 0 spiro atoms. The van der Waals surface area contributed by atoms with Crippen molar-refractivity contribution in [3.8, 4) is 5.75 Å². The highest BCUT2D eigenvalue weighted by molar-refractivity contribution is 7.98. The second-order valence-corrected chi connectivity index (χ2v) is 5.92. The average Bonchev–Trinajstić information content (AvgIpc) is 2.54. The van der Waals surface area contributed by atoms with Crippen LogP contribution in [0.5, 0.6) is 5.75 Å². The van der Waals surface area contributed by atoms with E-state index in [2.05, 4.69) is 10.1 Å². The molecule has 2 rings (SSSR count). The molecular weight excluding hydrogens is 286 g/mol. The summed E-state index contributed by atoms with van der Waals surface area (Å²) in [5.74, 6) is 0.766. The molecule has 0 aliphatic carbocycles. The van der Waals surface area contributed by atoms with Gasteiger partial charge in [0.1, 0.15) is 12.4 Å². The molecular formula is C15H23N3O2S. The molecule has 1 aliphatic heterocycles. The quantitative estimate of drug-likeness (QED) is 0.277. The maximum atomic E-state index is 8.95. The number of piperidine rings is 1. The number of ether oxygens (including phenoxy) is 1. The molecule has 21 heavy (non-hydrogen) atoms. The van der Waals surface area contributed by atoms with Crippen LogP contribution in [0.25, 0.3) is 0 Å². The third-order valence-corrected chi connectivity index (χ3v) is 4.47. The topological polar surface area (TPSA) is 71.1 Å². The molecule has 0 saturated carbocycles. The molecule has 0 atom stereocenters. The van der Waals surface area contributed by atoms with Crippen molar-refractivity contribution in [1.82, 2.24) is 4.90 Å². The highest BCUT2D eigenvalue weighted by atomic mass is 32.2. The number of likely N-dealkylation sites (tertiary alicyclic amines) is 1. The zero-order valence-electron chi connectivity index (χ0n) is 12.4. The summed E-state index contributed by atoms with van der Waals surface area (Å²) >= 11 is 1.55. The molecule has 0 amide bonds. The number of thioether (sulfide) groups is 1. The zero-order valence-corrected chi connectivity index (χ0v) is 13.2. The van der Waals surface area contributed by atoms with Crippen LogP contribution in [0.1, 0.15) is 24.8 Å². The number of hydrogen-bond acceptors (Lipinski definition) is 5. The Morgan fingerprint density at radius 3 is 2.81 bits per heavy atom. The van der Waals surface area contributed by atoms with E-state index in [0.29, 0.717) is 17.9 Å². The molecule has 6 heteroatoms. The van der Waals surface area contributed by atoms with Crippen LogP contribution in [-0.2, 0) is 0 Å². The zero-order chi connectivity index (χ0) is 15.1. The van der Waals surface area contributed by atoms with Gasteiger partial charge in [-0.15, -0.1) is 11.8 Å². The second kappa shape index (κ2) is 8.14. The van der Waals surface area contributed by atoms with Gasteiger partial charge < -0.3 is 15.7 Å². The van der Waals surface area contributed by atoms with E-state index in [4.69, 9.17) is 15.7 Å². The van der Waals surface area contributed by atoms with Gasteiger partial charge in [0.05, 0.1) is 5.56 Å². The lowest BCUT2D eigenvalue weighted by Crippen LogP contribution is -2.33. The molecule has 1 aliphatic rings. The van der Waals surface area contributed by atoms with Gasteiger partial charge in [-0.1, -0.05) is 17.6 Å². The minimum atomic E-state index is 0.0907. The Balaban J connectivity index is 2.01. The van der Waals surface area contributed by atoms with E-state index >= 15 is 0 Å². The van der Waals surface area contributed by atoms with Crippen molar-refractivity contribution in [2.75, 3.05) is 32.5 Å². The van der Waals surface area contributed by atoms with E-state index in [1.165, 1.54) is 19.3 Å². The Bertz CT molecular complexity index is 488. The fraction of sp³-hybridized carbons (Fsp3) is 0.533. The van der Waals surface area contributed by atoms with Crippen molar-refractivity contribution < 1.29 is 9.94 Å². The monoisotopic (exact) mass is 309 g/mol. The van der Waals surface area contributed by atoms with E-state index in [-0.39, 0.29) is 5.84 Å². The molecule has 0 aromatic heterocycles. The molecule has 116 valence electrons. The van der Waals surface area contributed by atoms with Crippen LogP contribution in [0.4, 0.5) is 0 Å². The maximum absolute atomic E-state index is 8.95. The summed E-state index contributed by atoms with van der Waals surface area (Å²) in [7, 11) is 0. The van der Waals surface area contributed by atoms with Gasteiger partial charge in [0.25, 0.3) is 0 Å². The number of rotatable bonds is 6. The van der Waals surface area contributed by atoms with Crippen LogP contribution in [0.15, 0.2) is 28.3 Å². The average molecular weight is 309 g/mol. The van der Waals surface area contributed by atoms with Gasteiger partial charge >= 0.3 is 0 Å². The lowest BCUT2D eigenvalue weighted by molar-refractivity contribution is 0.183. The van der Waals surface area contributed by atoms with Crippen molar-refractivity contribution in [1.29, 1.82) is 0 Å². The van der Waals surface area contributed by atoms with Crippen molar-refractivity contribution in [2.45, 2.75) is 24.2 Å². The van der Waals surface area contributed by atoms with Crippen LogP contribution in [-0.4, -0.2) is 48.4 Å². The Kier molecular flexibility index (Phi) is 6.20. The third kappa shape index (κ3) is 4.28. The molecule has 0 unspecified atom stereocenters. The lowest BCUT2D eigenvalue weighted by atomic mass is 10.1. The van der Waals surface area contributed by atoms with Gasteiger partial charge in [0.2, 0.25) is 0 Å². The fourth-order valence-electron chi connectivity index (χ4n) is 2.57. The first kappa shape index (κ1) is 16.0. The van der Waals surface area contributed by atoms with E-state index in [1.807, 2.05) is 24.5 Å². The van der Waals surface area contributed by atoms with E-state index < -0.39 is 0 Å². The van der Waals surface area contributed by atoms with Crippen LogP contribution in [0, 0.1) is 0 Å². The number of benzene rings is 1. The fourth-order valence-corrected chi connectivity index (χ4v) is 3.20. The summed E-state index contributed by atoms with van der Waals surface area (Å²) in [6.07, 6.45) is 5.84. The number of oxime groups is 1. The standard InChI is InChI=1S/C15H23N3O2S/c1-21-13-7-5-6-12(14(13)15(16)17-19)20-11-10-18-8-3-2-4-9-18/h5-7,19H,2-4,8-11H2,1H3,(H2,16,17). The molecule has 1 aromatic carbocycles. The van der Waals surface area contributed by atoms with Crippen molar-refractivity contribution >= 4 is 17.6 Å². The summed E-state index contributed by atoms with van der Waals surface area (Å²) in [6.45, 7) is 3.84. The van der Waals surface area contributed by atoms with Gasteiger partial charge in [0, 0.05) is 11.4 Å². The highest BCUT2D eigenvalue weighted by Crippen LogP contribution is 2.28. The SMILES string of the molecule is CSc1cccc(OCCN2CCCCC2)c1/C(N)=N/O. The molecule has 1 heterocycles. The van der Waals surface area contributed by atoms with E-state index in [1.54, 1.807) is 11.8 Å². The maximum Gasteiger partial charge on any atom is 0.174 e. The molecule has 1 aromatic rings. The summed E-state index contributed by atoms with van der Waals surface area (Å²) in [5.41, 5.74) is 6.45. The Morgan fingerprint density at radius 2 is 2.14 bits per heavy atom. The molecule has 1 saturated heterocycles. The van der Waals surface area contributed by atoms with E-state index in [0.717, 1.165) is 24.5 Å². The molecule has 3 N–H and O–H groups in total. The van der Waals surface area contributed by atoms with Gasteiger partial charge in [-0.25, -0.2) is 0 Å². The van der Waals surface area contributed by atoms with Gasteiger partial charge in [0.15, 0.2) is 5.84 Å². The van der Waals surface area contributed by atoms with E-state index in [9.17, 15) is 0 Å². The number of nitrogens with two attached hydrogens (primary N) is 1. The minimum absolute atomic E-state index is 0.0907. The van der Waals surface area contributed by atoms with Crippen LogP contribution in [0.3, 0.4) is 0 Å². The third-order valence-electron chi connectivity index (χ3n) is 3.69. The van der Waals surface area contributed by atoms with Crippen molar-refractivity contribution in [3.05, 3.63) is 23.8 Å². The number of nitrogens with zero attached hydrogens (tertiary/aromatic N) is 2. The Hall–Kier alpha value is -1.40. The highest BCUT2D eigenvalue weighted by Gasteiger charge is 2.15. The first-order valence-electron chi connectivity index (χ1n) is 7.26. The largest absolute Gasteiger partial charge is 0.491 e. The van der Waals surface area contributed by atoms with Gasteiger partial charge in [-0.2, -0.15) is 0 Å². The molecule has 5 nitrogen and oxygen atoms in total. The van der Waals surface area contributed by atoms with Gasteiger partial charge in [-0.3, -0.25) is 4.90 Å². The summed E-state index contributed by atoms with van der Waals surface area (Å²) in [6, 6.07) is 5.73. The second-order valence-electron chi connectivity index (χ2n) is 5.07. The normalized spacial score (nSPS) is 16.9.